The second-order valence-electron chi connectivity index (χ2n) is 3.73. The summed E-state index contributed by atoms with van der Waals surface area (Å²) in [5, 5.41) is 7.38. The maximum atomic E-state index is 3.93. The predicted molar refractivity (Wildman–Crippen MR) is 74.2 cm³/mol. The topological polar surface area (TPSA) is 37.8 Å². The highest BCUT2D eigenvalue weighted by Gasteiger charge is 2.14. The molecular formula is C12H14BrN3S. The number of nitrogens with zero attached hydrogens (tertiary/aromatic N) is 2. The standard InChI is InChI=1S/C12H14BrN3S/c1-2-14-11(12-8-15-16-17-12)7-9-5-3-4-6-10(9)13/h3-6,8,11,14H,2,7H2,1H3. The van der Waals surface area contributed by atoms with E-state index in [1.54, 1.807) is 0 Å². The van der Waals surface area contributed by atoms with E-state index in [9.17, 15) is 0 Å². The summed E-state index contributed by atoms with van der Waals surface area (Å²) in [5.41, 5.74) is 1.30. The van der Waals surface area contributed by atoms with Gasteiger partial charge in [-0.25, -0.2) is 0 Å². The molecule has 0 aliphatic rings. The first-order chi connectivity index (χ1) is 8.31. The first kappa shape index (κ1) is 12.7. The minimum absolute atomic E-state index is 0.290. The molecule has 1 heterocycles. The van der Waals surface area contributed by atoms with Gasteiger partial charge >= 0.3 is 0 Å². The van der Waals surface area contributed by atoms with Crippen molar-refractivity contribution in [1.82, 2.24) is 14.9 Å². The Morgan fingerprint density at radius 3 is 2.88 bits per heavy atom. The lowest BCUT2D eigenvalue weighted by molar-refractivity contribution is 0.556. The Morgan fingerprint density at radius 2 is 2.24 bits per heavy atom. The van der Waals surface area contributed by atoms with E-state index < -0.39 is 0 Å². The van der Waals surface area contributed by atoms with E-state index in [4.69, 9.17) is 0 Å². The van der Waals surface area contributed by atoms with Gasteiger partial charge in [0.05, 0.1) is 11.1 Å². The van der Waals surface area contributed by atoms with E-state index in [2.05, 4.69) is 56.0 Å². The van der Waals surface area contributed by atoms with Crippen LogP contribution in [-0.4, -0.2) is 16.1 Å². The van der Waals surface area contributed by atoms with Crippen molar-refractivity contribution in [3.8, 4) is 0 Å². The Labute approximate surface area is 114 Å². The molecule has 3 nitrogen and oxygen atoms in total. The molecule has 1 atom stereocenters. The Balaban J connectivity index is 2.16. The number of halogens is 1. The van der Waals surface area contributed by atoms with Crippen LogP contribution < -0.4 is 5.32 Å². The summed E-state index contributed by atoms with van der Waals surface area (Å²) in [6, 6.07) is 8.60. The molecule has 17 heavy (non-hydrogen) atoms. The van der Waals surface area contributed by atoms with Crippen LogP contribution in [0.1, 0.15) is 23.4 Å². The van der Waals surface area contributed by atoms with Crippen LogP contribution in [0.2, 0.25) is 0 Å². The summed E-state index contributed by atoms with van der Waals surface area (Å²) < 4.78 is 5.08. The van der Waals surface area contributed by atoms with E-state index in [0.29, 0.717) is 6.04 Å². The molecule has 0 fully saturated rings. The quantitative estimate of drug-likeness (QED) is 0.921. The van der Waals surface area contributed by atoms with Crippen LogP contribution in [0.15, 0.2) is 34.9 Å². The van der Waals surface area contributed by atoms with Crippen LogP contribution in [-0.2, 0) is 6.42 Å². The summed E-state index contributed by atoms with van der Waals surface area (Å²) in [7, 11) is 0. The van der Waals surface area contributed by atoms with Gasteiger partial charge in [-0.15, -0.1) is 5.10 Å². The highest BCUT2D eigenvalue weighted by molar-refractivity contribution is 9.10. The highest BCUT2D eigenvalue weighted by Crippen LogP contribution is 2.24. The summed E-state index contributed by atoms with van der Waals surface area (Å²) in [4.78, 5) is 1.18. The number of hydrogen-bond acceptors (Lipinski definition) is 4. The molecule has 1 unspecified atom stereocenters. The number of hydrogen-bond donors (Lipinski definition) is 1. The Bertz CT molecular complexity index is 459. The van der Waals surface area contributed by atoms with Gasteiger partial charge < -0.3 is 5.32 Å². The molecule has 0 radical (unpaired) electrons. The number of aromatic nitrogens is 2. The molecule has 5 heteroatoms. The minimum Gasteiger partial charge on any atom is -0.309 e. The number of likely N-dealkylation sites (N-methyl/N-ethyl adjacent to an activating group) is 1. The third-order valence-electron chi connectivity index (χ3n) is 2.55. The lowest BCUT2D eigenvalue weighted by Crippen LogP contribution is -2.22. The van der Waals surface area contributed by atoms with Crippen molar-refractivity contribution in [3.05, 3.63) is 45.4 Å². The monoisotopic (exact) mass is 311 g/mol. The van der Waals surface area contributed by atoms with Gasteiger partial charge in [-0.2, -0.15) is 0 Å². The minimum atomic E-state index is 0.290. The zero-order chi connectivity index (χ0) is 12.1. The third-order valence-corrected chi connectivity index (χ3v) is 4.10. The van der Waals surface area contributed by atoms with Gasteiger partial charge in [0.15, 0.2) is 0 Å². The van der Waals surface area contributed by atoms with Crippen molar-refractivity contribution >= 4 is 27.5 Å². The van der Waals surface area contributed by atoms with Crippen molar-refractivity contribution in [3.63, 3.8) is 0 Å². The zero-order valence-electron chi connectivity index (χ0n) is 9.56. The van der Waals surface area contributed by atoms with Crippen LogP contribution in [0.3, 0.4) is 0 Å². The Hall–Kier alpha value is -0.780. The average molecular weight is 312 g/mol. The molecule has 0 aliphatic heterocycles. The maximum Gasteiger partial charge on any atom is 0.0669 e. The average Bonchev–Trinajstić information content (AvgIpc) is 2.85. The molecule has 1 N–H and O–H groups in total. The normalized spacial score (nSPS) is 12.6. The fourth-order valence-electron chi connectivity index (χ4n) is 1.73. The van der Waals surface area contributed by atoms with Gasteiger partial charge in [0, 0.05) is 10.5 Å². The number of nitrogens with one attached hydrogen (secondary N) is 1. The number of rotatable bonds is 5. The molecular weight excluding hydrogens is 298 g/mol. The lowest BCUT2D eigenvalue weighted by Gasteiger charge is -2.16. The molecule has 0 bridgehead atoms. The molecule has 1 aromatic carbocycles. The summed E-state index contributed by atoms with van der Waals surface area (Å²) in [5.74, 6) is 0. The molecule has 0 amide bonds. The first-order valence-electron chi connectivity index (χ1n) is 5.55. The lowest BCUT2D eigenvalue weighted by atomic mass is 10.1. The molecule has 0 saturated heterocycles. The van der Waals surface area contributed by atoms with E-state index in [0.717, 1.165) is 17.4 Å². The van der Waals surface area contributed by atoms with Crippen molar-refractivity contribution in [2.45, 2.75) is 19.4 Å². The Morgan fingerprint density at radius 1 is 1.41 bits per heavy atom. The fraction of sp³-hybridized carbons (Fsp3) is 0.333. The Kier molecular flexibility index (Phi) is 4.65. The van der Waals surface area contributed by atoms with Crippen molar-refractivity contribution in [2.24, 2.45) is 0 Å². The number of benzene rings is 1. The van der Waals surface area contributed by atoms with Crippen molar-refractivity contribution in [1.29, 1.82) is 0 Å². The van der Waals surface area contributed by atoms with Crippen LogP contribution in [0.5, 0.6) is 0 Å². The first-order valence-corrected chi connectivity index (χ1v) is 7.12. The van der Waals surface area contributed by atoms with Gasteiger partial charge in [-0.3, -0.25) is 0 Å². The molecule has 0 spiro atoms. The zero-order valence-corrected chi connectivity index (χ0v) is 12.0. The molecule has 0 aliphatic carbocycles. The molecule has 2 aromatic rings. The van der Waals surface area contributed by atoms with Crippen molar-refractivity contribution < 1.29 is 0 Å². The molecule has 2 rings (SSSR count). The summed E-state index contributed by atoms with van der Waals surface area (Å²) >= 11 is 5.04. The van der Waals surface area contributed by atoms with Crippen LogP contribution in [0.4, 0.5) is 0 Å². The van der Waals surface area contributed by atoms with Crippen molar-refractivity contribution in [2.75, 3.05) is 6.54 Å². The van der Waals surface area contributed by atoms with E-state index in [-0.39, 0.29) is 0 Å². The second-order valence-corrected chi connectivity index (χ2v) is 5.40. The predicted octanol–water partition coefficient (Wildman–Crippen LogP) is 3.19. The molecule has 0 saturated carbocycles. The fourth-order valence-corrected chi connectivity index (χ4v) is 2.76. The van der Waals surface area contributed by atoms with Gasteiger partial charge in [-0.05, 0) is 36.1 Å². The van der Waals surface area contributed by atoms with E-state index >= 15 is 0 Å². The van der Waals surface area contributed by atoms with Gasteiger partial charge in [0.2, 0.25) is 0 Å². The third kappa shape index (κ3) is 3.34. The highest BCUT2D eigenvalue weighted by atomic mass is 79.9. The largest absolute Gasteiger partial charge is 0.309 e. The summed E-state index contributed by atoms with van der Waals surface area (Å²) in [6.07, 6.45) is 2.79. The van der Waals surface area contributed by atoms with Crippen LogP contribution >= 0.6 is 27.5 Å². The van der Waals surface area contributed by atoms with Gasteiger partial charge in [0.1, 0.15) is 0 Å². The second kappa shape index (κ2) is 6.23. The summed E-state index contributed by atoms with van der Waals surface area (Å²) in [6.45, 7) is 3.05. The molecule has 90 valence electrons. The van der Waals surface area contributed by atoms with Gasteiger partial charge in [-0.1, -0.05) is 45.5 Å². The molecule has 1 aromatic heterocycles. The van der Waals surface area contributed by atoms with Crippen LogP contribution in [0.25, 0.3) is 0 Å². The van der Waals surface area contributed by atoms with E-state index in [1.165, 1.54) is 22.0 Å². The smallest absolute Gasteiger partial charge is 0.0669 e. The maximum absolute atomic E-state index is 3.93. The van der Waals surface area contributed by atoms with Gasteiger partial charge in [0.25, 0.3) is 0 Å². The SMILES string of the molecule is CCNC(Cc1ccccc1Br)c1cnns1. The van der Waals surface area contributed by atoms with Crippen LogP contribution in [0, 0.1) is 0 Å². The van der Waals surface area contributed by atoms with E-state index in [1.807, 2.05) is 12.3 Å².